The first-order valence-corrected chi connectivity index (χ1v) is 7.47. The van der Waals surface area contributed by atoms with Gasteiger partial charge in [-0.25, -0.2) is 0 Å². The van der Waals surface area contributed by atoms with Gasteiger partial charge in [0.15, 0.2) is 0 Å². The minimum Gasteiger partial charge on any atom is -0.258 e. The minimum atomic E-state index is -0.322. The van der Waals surface area contributed by atoms with Gasteiger partial charge >= 0.3 is 0 Å². The summed E-state index contributed by atoms with van der Waals surface area (Å²) in [4.78, 5) is 10.3. The highest BCUT2D eigenvalue weighted by molar-refractivity contribution is 5.34. The molecule has 0 aromatic heterocycles. The first-order valence-electron chi connectivity index (χ1n) is 7.47. The lowest BCUT2D eigenvalue weighted by molar-refractivity contribution is -0.384. The molecule has 0 saturated heterocycles. The van der Waals surface area contributed by atoms with Gasteiger partial charge < -0.3 is 0 Å². The van der Waals surface area contributed by atoms with Crippen molar-refractivity contribution < 1.29 is 4.92 Å². The summed E-state index contributed by atoms with van der Waals surface area (Å²) in [6, 6.07) is 7.00. The van der Waals surface area contributed by atoms with Gasteiger partial charge in [-0.05, 0) is 18.4 Å². The van der Waals surface area contributed by atoms with Crippen LogP contribution in [0.25, 0.3) is 0 Å². The molecule has 0 amide bonds. The zero-order valence-corrected chi connectivity index (χ0v) is 11.9. The monoisotopic (exact) mass is 263 g/mol. The number of unbranched alkanes of at least 4 members (excludes halogenated alkanes) is 7. The lowest BCUT2D eigenvalue weighted by Gasteiger charge is -2.02. The summed E-state index contributed by atoms with van der Waals surface area (Å²) in [5.41, 5.74) is 1.29. The molecule has 0 N–H and O–H groups in total. The first-order chi connectivity index (χ1) is 9.24. The second-order valence-electron chi connectivity index (χ2n) is 5.15. The third-order valence-electron chi connectivity index (χ3n) is 3.44. The smallest absolute Gasteiger partial charge is 0.258 e. The molecule has 1 aromatic rings. The van der Waals surface area contributed by atoms with Gasteiger partial charge in [-0.15, -0.1) is 0 Å². The van der Waals surface area contributed by atoms with E-state index in [9.17, 15) is 10.1 Å². The number of aryl methyl sites for hydroxylation is 1. The number of nitro groups is 1. The lowest BCUT2D eigenvalue weighted by atomic mass is 10.0. The van der Waals surface area contributed by atoms with E-state index in [1.54, 1.807) is 18.2 Å². The van der Waals surface area contributed by atoms with Crippen LogP contribution in [0.4, 0.5) is 5.69 Å². The van der Waals surface area contributed by atoms with Gasteiger partial charge in [-0.2, -0.15) is 0 Å². The Morgan fingerprint density at radius 2 is 1.63 bits per heavy atom. The molecule has 3 nitrogen and oxygen atoms in total. The molecule has 0 bridgehead atoms. The fourth-order valence-electron chi connectivity index (χ4n) is 2.29. The van der Waals surface area contributed by atoms with Crippen molar-refractivity contribution in [3.63, 3.8) is 0 Å². The van der Waals surface area contributed by atoms with E-state index in [4.69, 9.17) is 0 Å². The van der Waals surface area contributed by atoms with Gasteiger partial charge in [-0.3, -0.25) is 10.1 Å². The maximum absolute atomic E-state index is 10.7. The van der Waals surface area contributed by atoms with E-state index >= 15 is 0 Å². The summed E-state index contributed by atoms with van der Waals surface area (Å²) in [6.07, 6.45) is 11.3. The maximum atomic E-state index is 10.7. The summed E-state index contributed by atoms with van der Waals surface area (Å²) in [6.45, 7) is 2.24. The quantitative estimate of drug-likeness (QED) is 0.327. The Labute approximate surface area is 116 Å². The predicted octanol–water partition coefficient (Wildman–Crippen LogP) is 5.28. The number of hydrogen-bond donors (Lipinski definition) is 0. The van der Waals surface area contributed by atoms with Crippen LogP contribution >= 0.6 is 0 Å². The molecule has 0 fully saturated rings. The molecule has 0 saturated carbocycles. The van der Waals surface area contributed by atoms with E-state index in [-0.39, 0.29) is 10.6 Å². The zero-order chi connectivity index (χ0) is 13.9. The Kier molecular flexibility index (Phi) is 7.87. The highest BCUT2D eigenvalue weighted by atomic mass is 16.6. The Balaban J connectivity index is 2.12. The Hall–Kier alpha value is -1.38. The van der Waals surface area contributed by atoms with Crippen LogP contribution in [0.3, 0.4) is 0 Å². The van der Waals surface area contributed by atoms with E-state index in [1.165, 1.54) is 44.9 Å². The van der Waals surface area contributed by atoms with Crippen LogP contribution in [0.2, 0.25) is 0 Å². The number of hydrogen-bond acceptors (Lipinski definition) is 2. The van der Waals surface area contributed by atoms with Gasteiger partial charge in [-0.1, -0.05) is 64.0 Å². The van der Waals surface area contributed by atoms with Crippen LogP contribution in [0.1, 0.15) is 63.9 Å². The largest absolute Gasteiger partial charge is 0.269 e. The number of non-ortho nitro benzene ring substituents is 1. The Bertz CT molecular complexity index is 377. The Morgan fingerprint density at radius 1 is 1.00 bits per heavy atom. The first kappa shape index (κ1) is 15.7. The maximum Gasteiger partial charge on any atom is 0.269 e. The molecule has 3 heteroatoms. The fraction of sp³-hybridized carbons (Fsp3) is 0.625. The van der Waals surface area contributed by atoms with E-state index in [0.717, 1.165) is 18.4 Å². The molecule has 0 aliphatic carbocycles. The number of nitrogens with zero attached hydrogens (tertiary/aromatic N) is 1. The number of nitro benzene ring substituents is 1. The lowest BCUT2D eigenvalue weighted by Crippen LogP contribution is -1.91. The second kappa shape index (κ2) is 9.54. The molecule has 0 aliphatic heterocycles. The van der Waals surface area contributed by atoms with Gasteiger partial charge in [0.2, 0.25) is 0 Å². The van der Waals surface area contributed by atoms with Gasteiger partial charge in [0.1, 0.15) is 0 Å². The molecule has 0 heterocycles. The molecule has 19 heavy (non-hydrogen) atoms. The Morgan fingerprint density at radius 3 is 2.26 bits per heavy atom. The van der Waals surface area contributed by atoms with Crippen LogP contribution in [0.15, 0.2) is 24.3 Å². The topological polar surface area (TPSA) is 43.1 Å². The van der Waals surface area contributed by atoms with Crippen LogP contribution in [-0.2, 0) is 6.42 Å². The molecule has 1 rings (SSSR count). The van der Waals surface area contributed by atoms with E-state index in [2.05, 4.69) is 6.92 Å². The summed E-state index contributed by atoms with van der Waals surface area (Å²) >= 11 is 0. The van der Waals surface area contributed by atoms with Gasteiger partial charge in [0.05, 0.1) is 4.92 Å². The van der Waals surface area contributed by atoms with Gasteiger partial charge in [0, 0.05) is 12.1 Å². The molecule has 1 aromatic carbocycles. The average Bonchev–Trinajstić information content (AvgIpc) is 2.42. The van der Waals surface area contributed by atoms with Crippen molar-refractivity contribution in [1.29, 1.82) is 0 Å². The molecule has 106 valence electrons. The molecule has 0 spiro atoms. The predicted molar refractivity (Wildman–Crippen MR) is 79.4 cm³/mol. The standard InChI is InChI=1S/C16H25NO2/c1-2-3-4-5-6-7-8-9-11-15-12-10-13-16(14-15)17(18)19/h10,12-14H,2-9,11H2,1H3. The van der Waals surface area contributed by atoms with Gasteiger partial charge in [0.25, 0.3) is 5.69 Å². The van der Waals surface area contributed by atoms with Crippen molar-refractivity contribution in [1.82, 2.24) is 0 Å². The van der Waals surface area contributed by atoms with Crippen LogP contribution in [-0.4, -0.2) is 4.92 Å². The van der Waals surface area contributed by atoms with Crippen molar-refractivity contribution in [3.8, 4) is 0 Å². The van der Waals surface area contributed by atoms with Crippen LogP contribution in [0, 0.1) is 10.1 Å². The molecule has 0 aliphatic rings. The normalized spacial score (nSPS) is 10.6. The fourth-order valence-corrected chi connectivity index (χ4v) is 2.29. The highest BCUT2D eigenvalue weighted by Crippen LogP contribution is 2.16. The molecule has 0 atom stereocenters. The minimum absolute atomic E-state index is 0.206. The van der Waals surface area contributed by atoms with Crippen molar-refractivity contribution in [2.45, 2.75) is 64.7 Å². The molecule has 0 radical (unpaired) electrons. The summed E-state index contributed by atoms with van der Waals surface area (Å²) in [5, 5.41) is 10.7. The molecule has 0 unspecified atom stereocenters. The summed E-state index contributed by atoms with van der Waals surface area (Å²) in [7, 11) is 0. The number of benzene rings is 1. The zero-order valence-electron chi connectivity index (χ0n) is 11.9. The van der Waals surface area contributed by atoms with Crippen LogP contribution < -0.4 is 0 Å². The van der Waals surface area contributed by atoms with E-state index in [0.29, 0.717) is 0 Å². The van der Waals surface area contributed by atoms with Crippen molar-refractivity contribution in [3.05, 3.63) is 39.9 Å². The van der Waals surface area contributed by atoms with E-state index in [1.807, 2.05) is 6.07 Å². The third kappa shape index (κ3) is 6.94. The average molecular weight is 263 g/mol. The van der Waals surface area contributed by atoms with Crippen molar-refractivity contribution in [2.24, 2.45) is 0 Å². The third-order valence-corrected chi connectivity index (χ3v) is 3.44. The second-order valence-corrected chi connectivity index (χ2v) is 5.15. The van der Waals surface area contributed by atoms with Crippen molar-refractivity contribution in [2.75, 3.05) is 0 Å². The summed E-state index contributed by atoms with van der Waals surface area (Å²) in [5.74, 6) is 0. The summed E-state index contributed by atoms with van der Waals surface area (Å²) < 4.78 is 0. The molecular formula is C16H25NO2. The number of rotatable bonds is 10. The van der Waals surface area contributed by atoms with Crippen molar-refractivity contribution >= 4 is 5.69 Å². The molecular weight excluding hydrogens is 238 g/mol. The SMILES string of the molecule is CCCCCCCCCCc1cccc([N+](=O)[O-])c1. The van der Waals surface area contributed by atoms with Crippen LogP contribution in [0.5, 0.6) is 0 Å². The van der Waals surface area contributed by atoms with E-state index < -0.39 is 0 Å². The highest BCUT2D eigenvalue weighted by Gasteiger charge is 2.04.